The second-order valence-corrected chi connectivity index (χ2v) is 6.81. The summed E-state index contributed by atoms with van der Waals surface area (Å²) >= 11 is 1.61. The third-order valence-electron chi connectivity index (χ3n) is 4.54. The fourth-order valence-corrected chi connectivity index (χ4v) is 4.13. The Hall–Kier alpha value is -1.66. The van der Waals surface area contributed by atoms with Crippen molar-refractivity contribution in [2.45, 2.75) is 37.8 Å². The number of aromatic nitrogens is 1. The molecule has 0 unspecified atom stereocenters. The Labute approximate surface area is 133 Å². The zero-order valence-electron chi connectivity index (χ0n) is 12.3. The molecule has 0 radical (unpaired) electrons. The van der Waals surface area contributed by atoms with Crippen LogP contribution in [0.4, 0.5) is 10.5 Å². The molecule has 2 aliphatic heterocycles. The highest BCUT2D eigenvalue weighted by Crippen LogP contribution is 2.29. The largest absolute Gasteiger partial charge is 0.376 e. The first-order chi connectivity index (χ1) is 10.8. The molecule has 2 aliphatic rings. The summed E-state index contributed by atoms with van der Waals surface area (Å²) in [5.41, 5.74) is 3.56. The number of urea groups is 1. The minimum absolute atomic E-state index is 0.0208. The molecule has 1 aromatic carbocycles. The lowest BCUT2D eigenvalue weighted by atomic mass is 10.1. The number of likely N-dealkylation sites (tertiary alicyclic amines) is 1. The maximum Gasteiger partial charge on any atom is 0.322 e. The Bertz CT molecular complexity index is 681. The van der Waals surface area contributed by atoms with Gasteiger partial charge in [0.25, 0.3) is 0 Å². The number of amides is 2. The van der Waals surface area contributed by atoms with Crippen molar-refractivity contribution < 1.29 is 9.53 Å². The third-order valence-corrected chi connectivity index (χ3v) is 5.35. The van der Waals surface area contributed by atoms with Crippen LogP contribution in [0, 0.1) is 0 Å². The van der Waals surface area contributed by atoms with Gasteiger partial charge in [0.05, 0.1) is 27.9 Å². The SMILES string of the molecule is O=C(Nc1ccc2scnc2c1)N1CCC[C@H]1[C@@H]1CCCO1. The molecule has 1 aromatic heterocycles. The van der Waals surface area contributed by atoms with Gasteiger partial charge in [-0.2, -0.15) is 0 Å². The lowest BCUT2D eigenvalue weighted by Crippen LogP contribution is -2.44. The number of carbonyl (C=O) groups is 1. The van der Waals surface area contributed by atoms with Crippen molar-refractivity contribution >= 4 is 33.3 Å². The average Bonchev–Trinajstić information content (AvgIpc) is 3.26. The van der Waals surface area contributed by atoms with Gasteiger partial charge in [0.2, 0.25) is 0 Å². The standard InChI is InChI=1S/C16H19N3O2S/c20-16(18-11-5-6-15-12(9-11)17-10-22-15)19-7-1-3-13(19)14-4-2-8-21-14/h5-6,9-10,13-14H,1-4,7-8H2,(H,18,20)/t13-,14-/m0/s1. The molecule has 0 aliphatic carbocycles. The molecule has 0 saturated carbocycles. The number of thiazole rings is 1. The molecule has 0 spiro atoms. The number of ether oxygens (including phenoxy) is 1. The van der Waals surface area contributed by atoms with E-state index >= 15 is 0 Å². The van der Waals surface area contributed by atoms with E-state index < -0.39 is 0 Å². The minimum atomic E-state index is -0.0208. The van der Waals surface area contributed by atoms with Crippen molar-refractivity contribution in [1.82, 2.24) is 9.88 Å². The topological polar surface area (TPSA) is 54.5 Å². The van der Waals surface area contributed by atoms with Crippen molar-refractivity contribution in [2.24, 2.45) is 0 Å². The average molecular weight is 317 g/mol. The van der Waals surface area contributed by atoms with Gasteiger partial charge < -0.3 is 15.0 Å². The second-order valence-electron chi connectivity index (χ2n) is 5.92. The van der Waals surface area contributed by atoms with Crippen LogP contribution >= 0.6 is 11.3 Å². The van der Waals surface area contributed by atoms with Crippen LogP contribution in [-0.4, -0.2) is 41.2 Å². The number of hydrogen-bond acceptors (Lipinski definition) is 4. The van der Waals surface area contributed by atoms with Crippen LogP contribution in [0.3, 0.4) is 0 Å². The summed E-state index contributed by atoms with van der Waals surface area (Å²) < 4.78 is 6.92. The molecule has 2 saturated heterocycles. The molecular formula is C16H19N3O2S. The summed E-state index contributed by atoms with van der Waals surface area (Å²) in [6, 6.07) is 6.08. The molecule has 116 valence electrons. The maximum absolute atomic E-state index is 12.6. The van der Waals surface area contributed by atoms with E-state index in [1.807, 2.05) is 28.6 Å². The fourth-order valence-electron chi connectivity index (χ4n) is 3.47. The Morgan fingerprint density at radius 1 is 1.36 bits per heavy atom. The molecule has 0 bridgehead atoms. The predicted molar refractivity (Wildman–Crippen MR) is 87.3 cm³/mol. The van der Waals surface area contributed by atoms with Crippen LogP contribution in [-0.2, 0) is 4.74 Å². The first-order valence-corrected chi connectivity index (χ1v) is 8.72. The lowest BCUT2D eigenvalue weighted by molar-refractivity contribution is 0.0543. The quantitative estimate of drug-likeness (QED) is 0.922. The van der Waals surface area contributed by atoms with E-state index in [-0.39, 0.29) is 18.2 Å². The van der Waals surface area contributed by atoms with Gasteiger partial charge in [0.1, 0.15) is 0 Å². The Balaban J connectivity index is 1.48. The normalized spacial score (nSPS) is 25.0. The molecule has 2 amide bonds. The summed E-state index contributed by atoms with van der Waals surface area (Å²) in [4.78, 5) is 18.8. The van der Waals surface area contributed by atoms with E-state index in [4.69, 9.17) is 4.74 Å². The molecular weight excluding hydrogens is 298 g/mol. The smallest absolute Gasteiger partial charge is 0.322 e. The van der Waals surface area contributed by atoms with Gasteiger partial charge in [-0.15, -0.1) is 11.3 Å². The molecule has 4 rings (SSSR count). The molecule has 2 fully saturated rings. The van der Waals surface area contributed by atoms with Crippen molar-refractivity contribution in [3.8, 4) is 0 Å². The number of anilines is 1. The van der Waals surface area contributed by atoms with Crippen LogP contribution < -0.4 is 5.32 Å². The Kier molecular flexibility index (Phi) is 3.72. The van der Waals surface area contributed by atoms with Gasteiger partial charge in [-0.3, -0.25) is 0 Å². The molecule has 3 heterocycles. The maximum atomic E-state index is 12.6. The molecule has 6 heteroatoms. The molecule has 1 N–H and O–H groups in total. The van der Waals surface area contributed by atoms with Crippen LogP contribution in [0.2, 0.25) is 0 Å². The van der Waals surface area contributed by atoms with Crippen molar-refractivity contribution in [1.29, 1.82) is 0 Å². The van der Waals surface area contributed by atoms with Gasteiger partial charge in [-0.25, -0.2) is 9.78 Å². The number of nitrogens with one attached hydrogen (secondary N) is 1. The van der Waals surface area contributed by atoms with Crippen LogP contribution in [0.1, 0.15) is 25.7 Å². The highest BCUT2D eigenvalue weighted by Gasteiger charge is 2.36. The van der Waals surface area contributed by atoms with Gasteiger partial charge in [0, 0.05) is 18.8 Å². The van der Waals surface area contributed by atoms with E-state index in [1.165, 1.54) is 0 Å². The first kappa shape index (κ1) is 14.0. The summed E-state index contributed by atoms with van der Waals surface area (Å²) in [6.07, 6.45) is 4.50. The highest BCUT2D eigenvalue weighted by molar-refractivity contribution is 7.16. The molecule has 2 atom stereocenters. The Morgan fingerprint density at radius 3 is 3.18 bits per heavy atom. The molecule has 22 heavy (non-hydrogen) atoms. The summed E-state index contributed by atoms with van der Waals surface area (Å²) in [5, 5.41) is 3.02. The highest BCUT2D eigenvalue weighted by atomic mass is 32.1. The summed E-state index contributed by atoms with van der Waals surface area (Å²) in [5.74, 6) is 0. The molecule has 5 nitrogen and oxygen atoms in total. The number of fused-ring (bicyclic) bond motifs is 1. The van der Waals surface area contributed by atoms with E-state index in [1.54, 1.807) is 11.3 Å². The van der Waals surface area contributed by atoms with E-state index in [0.717, 1.165) is 54.7 Å². The Morgan fingerprint density at radius 2 is 2.32 bits per heavy atom. The zero-order chi connectivity index (χ0) is 14.9. The summed E-state index contributed by atoms with van der Waals surface area (Å²) in [7, 11) is 0. The van der Waals surface area contributed by atoms with Crippen molar-refractivity contribution in [3.63, 3.8) is 0 Å². The van der Waals surface area contributed by atoms with Gasteiger partial charge in [-0.05, 0) is 43.9 Å². The number of carbonyl (C=O) groups excluding carboxylic acids is 1. The van der Waals surface area contributed by atoms with Crippen LogP contribution in [0.25, 0.3) is 10.2 Å². The predicted octanol–water partition coefficient (Wildman–Crippen LogP) is 3.47. The van der Waals surface area contributed by atoms with Crippen molar-refractivity contribution in [3.05, 3.63) is 23.7 Å². The molecule has 2 aromatic rings. The van der Waals surface area contributed by atoms with E-state index in [2.05, 4.69) is 10.3 Å². The van der Waals surface area contributed by atoms with Crippen LogP contribution in [0.15, 0.2) is 23.7 Å². The number of nitrogens with zero attached hydrogens (tertiary/aromatic N) is 2. The van der Waals surface area contributed by atoms with Crippen LogP contribution in [0.5, 0.6) is 0 Å². The van der Waals surface area contributed by atoms with Gasteiger partial charge in [-0.1, -0.05) is 0 Å². The van der Waals surface area contributed by atoms with E-state index in [9.17, 15) is 4.79 Å². The summed E-state index contributed by atoms with van der Waals surface area (Å²) in [6.45, 7) is 1.65. The van der Waals surface area contributed by atoms with Gasteiger partial charge >= 0.3 is 6.03 Å². The zero-order valence-corrected chi connectivity index (χ0v) is 13.1. The van der Waals surface area contributed by atoms with Gasteiger partial charge in [0.15, 0.2) is 0 Å². The monoisotopic (exact) mass is 317 g/mol. The van der Waals surface area contributed by atoms with Crippen molar-refractivity contribution in [2.75, 3.05) is 18.5 Å². The number of rotatable bonds is 2. The number of hydrogen-bond donors (Lipinski definition) is 1. The lowest BCUT2D eigenvalue weighted by Gasteiger charge is -2.29. The first-order valence-electron chi connectivity index (χ1n) is 7.84. The minimum Gasteiger partial charge on any atom is -0.376 e. The van der Waals surface area contributed by atoms with E-state index in [0.29, 0.717) is 0 Å². The second kappa shape index (κ2) is 5.85. The fraction of sp³-hybridized carbons (Fsp3) is 0.500. The number of benzene rings is 1. The third kappa shape index (κ3) is 2.57.